The van der Waals surface area contributed by atoms with E-state index < -0.39 is 0 Å². The lowest BCUT2D eigenvalue weighted by molar-refractivity contribution is -0.131. The summed E-state index contributed by atoms with van der Waals surface area (Å²) in [6.45, 7) is 5.19. The van der Waals surface area contributed by atoms with Crippen LogP contribution in [-0.4, -0.2) is 43.4 Å². The zero-order valence-corrected chi connectivity index (χ0v) is 17.0. The quantitative estimate of drug-likeness (QED) is 0.589. The van der Waals surface area contributed by atoms with Crippen LogP contribution in [0.4, 0.5) is 0 Å². The monoisotopic (exact) mass is 390 g/mol. The average Bonchev–Trinajstić information content (AvgIpc) is 3.35. The van der Waals surface area contributed by atoms with Gasteiger partial charge in [0.05, 0.1) is 0 Å². The third-order valence-corrected chi connectivity index (χ3v) is 6.43. The smallest absolute Gasteiger partial charge is 0.224 e. The lowest BCUT2D eigenvalue weighted by Crippen LogP contribution is -2.42. The summed E-state index contributed by atoms with van der Waals surface area (Å²) in [5.74, 6) is 1.38. The average molecular weight is 391 g/mol. The summed E-state index contributed by atoms with van der Waals surface area (Å²) in [4.78, 5) is 20.1. The lowest BCUT2D eigenvalue weighted by atomic mass is 10.1. The van der Waals surface area contributed by atoms with E-state index in [2.05, 4.69) is 50.8 Å². The van der Waals surface area contributed by atoms with E-state index in [4.69, 9.17) is 0 Å². The van der Waals surface area contributed by atoms with Crippen molar-refractivity contribution < 1.29 is 4.79 Å². The molecule has 1 unspecified atom stereocenters. The molecule has 2 aromatic heterocycles. The maximum Gasteiger partial charge on any atom is 0.224 e. The molecule has 140 valence electrons. The Morgan fingerprint density at radius 1 is 1.35 bits per heavy atom. The van der Waals surface area contributed by atoms with Crippen molar-refractivity contribution in [1.82, 2.24) is 15.5 Å². The molecule has 0 fully saturated rings. The fourth-order valence-corrected chi connectivity index (χ4v) is 4.72. The summed E-state index contributed by atoms with van der Waals surface area (Å²) >= 11 is 3.52. The number of fused-ring (bicyclic) bond motifs is 1. The Hall–Kier alpha value is -1.86. The molecule has 0 saturated carbocycles. The Kier molecular flexibility index (Phi) is 6.68. The molecule has 0 radical (unpaired) electrons. The Morgan fingerprint density at radius 2 is 2.23 bits per heavy atom. The first kappa shape index (κ1) is 18.9. The van der Waals surface area contributed by atoms with Crippen molar-refractivity contribution >= 4 is 34.5 Å². The maximum atomic E-state index is 12.5. The number of thiophene rings is 2. The van der Waals surface area contributed by atoms with Crippen LogP contribution in [0.15, 0.2) is 33.3 Å². The van der Waals surface area contributed by atoms with Crippen molar-refractivity contribution in [1.29, 1.82) is 0 Å². The molecule has 3 heterocycles. The summed E-state index contributed by atoms with van der Waals surface area (Å²) in [5.41, 5.74) is 2.65. The van der Waals surface area contributed by atoms with Gasteiger partial charge in [0.25, 0.3) is 0 Å². The van der Waals surface area contributed by atoms with Crippen molar-refractivity contribution in [3.8, 4) is 0 Å². The highest BCUT2D eigenvalue weighted by Crippen LogP contribution is 2.24. The highest BCUT2D eigenvalue weighted by molar-refractivity contribution is 7.10. The molecule has 0 aromatic carbocycles. The van der Waals surface area contributed by atoms with Crippen LogP contribution in [0.2, 0.25) is 0 Å². The summed E-state index contributed by atoms with van der Waals surface area (Å²) < 4.78 is 0. The fraction of sp³-hybridized carbons (Fsp3) is 0.474. The molecule has 1 aliphatic heterocycles. The molecule has 0 aliphatic carbocycles. The van der Waals surface area contributed by atoms with Gasteiger partial charge in [-0.1, -0.05) is 6.92 Å². The van der Waals surface area contributed by atoms with Crippen LogP contribution in [0.3, 0.4) is 0 Å². The van der Waals surface area contributed by atoms with Gasteiger partial charge in [-0.3, -0.25) is 9.79 Å². The Bertz CT molecular complexity index is 739. The Labute approximate surface area is 163 Å². The summed E-state index contributed by atoms with van der Waals surface area (Å²) in [5, 5.41) is 13.0. The van der Waals surface area contributed by atoms with Crippen molar-refractivity contribution in [3.05, 3.63) is 44.3 Å². The Morgan fingerprint density at radius 3 is 3.00 bits per heavy atom. The minimum atomic E-state index is 0.205. The van der Waals surface area contributed by atoms with Gasteiger partial charge >= 0.3 is 0 Å². The predicted octanol–water partition coefficient (Wildman–Crippen LogP) is 3.05. The van der Waals surface area contributed by atoms with Crippen LogP contribution < -0.4 is 10.6 Å². The molecule has 1 aliphatic rings. The molecule has 2 N–H and O–H groups in total. The standard InChI is InChI=1S/C19H26N4OS2/c1-14(16-5-9-25-13-16)11-22-19(20-2)21-7-3-18(24)23-8-4-17-15(12-23)6-10-26-17/h5-6,9-10,13-14H,3-4,7-8,11-12H2,1-2H3,(H2,20,21,22). The predicted molar refractivity (Wildman–Crippen MR) is 110 cm³/mol. The molecular weight excluding hydrogens is 364 g/mol. The number of carbonyl (C=O) groups excluding carboxylic acids is 1. The lowest BCUT2D eigenvalue weighted by Gasteiger charge is -2.27. The first-order valence-electron chi connectivity index (χ1n) is 8.97. The SMILES string of the molecule is CN=C(NCCC(=O)N1CCc2sccc2C1)NCC(C)c1ccsc1. The van der Waals surface area contributed by atoms with Gasteiger partial charge in [-0.15, -0.1) is 11.3 Å². The van der Waals surface area contributed by atoms with E-state index in [1.807, 2.05) is 4.90 Å². The molecule has 0 spiro atoms. The number of rotatable bonds is 6. The molecular formula is C19H26N4OS2. The maximum absolute atomic E-state index is 12.5. The van der Waals surface area contributed by atoms with Crippen LogP contribution in [0, 0.1) is 0 Å². The zero-order chi connectivity index (χ0) is 18.4. The second-order valence-corrected chi connectivity index (χ2v) is 8.30. The molecule has 3 rings (SSSR count). The third kappa shape index (κ3) is 4.86. The first-order valence-corrected chi connectivity index (χ1v) is 10.8. The first-order chi connectivity index (χ1) is 12.7. The van der Waals surface area contributed by atoms with E-state index in [0.29, 0.717) is 18.9 Å². The van der Waals surface area contributed by atoms with Crippen LogP contribution in [0.25, 0.3) is 0 Å². The van der Waals surface area contributed by atoms with Crippen LogP contribution in [0.5, 0.6) is 0 Å². The van der Waals surface area contributed by atoms with E-state index in [9.17, 15) is 4.79 Å². The Balaban J connectivity index is 1.38. The number of nitrogens with one attached hydrogen (secondary N) is 2. The number of hydrogen-bond donors (Lipinski definition) is 2. The second kappa shape index (κ2) is 9.19. The third-order valence-electron chi connectivity index (χ3n) is 4.70. The van der Waals surface area contributed by atoms with Gasteiger partial charge in [0.15, 0.2) is 5.96 Å². The molecule has 2 aromatic rings. The summed E-state index contributed by atoms with van der Waals surface area (Å²) in [6, 6.07) is 4.29. The van der Waals surface area contributed by atoms with E-state index in [0.717, 1.165) is 32.0 Å². The van der Waals surface area contributed by atoms with Crippen molar-refractivity contribution in [2.24, 2.45) is 4.99 Å². The van der Waals surface area contributed by atoms with Gasteiger partial charge in [-0.2, -0.15) is 11.3 Å². The van der Waals surface area contributed by atoms with E-state index in [1.54, 1.807) is 29.7 Å². The van der Waals surface area contributed by atoms with E-state index in [1.165, 1.54) is 16.0 Å². The minimum Gasteiger partial charge on any atom is -0.356 e. The number of nitrogens with zero attached hydrogens (tertiary/aromatic N) is 2. The van der Waals surface area contributed by atoms with Crippen LogP contribution >= 0.6 is 22.7 Å². The van der Waals surface area contributed by atoms with Gasteiger partial charge in [0, 0.05) is 44.5 Å². The summed E-state index contributed by atoms with van der Waals surface area (Å²) in [7, 11) is 1.76. The van der Waals surface area contributed by atoms with Gasteiger partial charge in [0.2, 0.25) is 5.91 Å². The van der Waals surface area contributed by atoms with Gasteiger partial charge in [-0.25, -0.2) is 0 Å². The molecule has 5 nitrogen and oxygen atoms in total. The van der Waals surface area contributed by atoms with Gasteiger partial charge in [0.1, 0.15) is 0 Å². The van der Waals surface area contributed by atoms with Crippen LogP contribution in [0.1, 0.15) is 35.3 Å². The molecule has 1 amide bonds. The van der Waals surface area contributed by atoms with Crippen LogP contribution in [-0.2, 0) is 17.8 Å². The topological polar surface area (TPSA) is 56.7 Å². The number of guanidine groups is 1. The fourth-order valence-electron chi connectivity index (χ4n) is 3.05. The zero-order valence-electron chi connectivity index (χ0n) is 15.3. The van der Waals surface area contributed by atoms with Crippen molar-refractivity contribution in [2.45, 2.75) is 32.2 Å². The molecule has 1 atom stereocenters. The van der Waals surface area contributed by atoms with Gasteiger partial charge < -0.3 is 15.5 Å². The van der Waals surface area contributed by atoms with Gasteiger partial charge in [-0.05, 0) is 51.7 Å². The highest BCUT2D eigenvalue weighted by atomic mass is 32.1. The van der Waals surface area contributed by atoms with E-state index >= 15 is 0 Å². The molecule has 0 bridgehead atoms. The number of aliphatic imine (C=N–C) groups is 1. The number of carbonyl (C=O) groups is 1. The highest BCUT2D eigenvalue weighted by Gasteiger charge is 2.21. The van der Waals surface area contributed by atoms with E-state index in [-0.39, 0.29) is 5.91 Å². The normalized spacial score (nSPS) is 15.5. The largest absolute Gasteiger partial charge is 0.356 e. The minimum absolute atomic E-state index is 0.205. The summed E-state index contributed by atoms with van der Waals surface area (Å²) in [6.07, 6.45) is 1.47. The second-order valence-electron chi connectivity index (χ2n) is 6.52. The van der Waals surface area contributed by atoms with Crippen molar-refractivity contribution in [2.75, 3.05) is 26.7 Å². The molecule has 26 heavy (non-hydrogen) atoms. The molecule has 7 heteroatoms. The number of amides is 1. The van der Waals surface area contributed by atoms with Crippen molar-refractivity contribution in [3.63, 3.8) is 0 Å². The molecule has 0 saturated heterocycles. The number of hydrogen-bond acceptors (Lipinski definition) is 4.